The van der Waals surface area contributed by atoms with Gasteiger partial charge in [0.25, 0.3) is 5.91 Å². The molecule has 4 aromatic carbocycles. The smallest absolute Gasteiger partial charge is 0.271 e. The highest BCUT2D eigenvalue weighted by Gasteiger charge is 2.16. The fourth-order valence-corrected chi connectivity index (χ4v) is 4.68. The topological polar surface area (TPSA) is 78.4 Å². The summed E-state index contributed by atoms with van der Waals surface area (Å²) >= 11 is 2.22. The molecule has 1 aliphatic rings. The molecular formula is C28H23IN2O5. The third kappa shape index (κ3) is 5.23. The summed E-state index contributed by atoms with van der Waals surface area (Å²) < 4.78 is 23.6. The number of fused-ring (bicyclic) bond motifs is 2. The third-order valence-corrected chi connectivity index (χ3v) is 6.40. The summed E-state index contributed by atoms with van der Waals surface area (Å²) in [7, 11) is 0. The molecule has 8 heteroatoms. The van der Waals surface area contributed by atoms with Crippen LogP contribution in [0.1, 0.15) is 28.4 Å². The lowest BCUT2D eigenvalue weighted by molar-refractivity contribution is 0.0954. The summed E-state index contributed by atoms with van der Waals surface area (Å²) in [6, 6.07) is 23.2. The zero-order chi connectivity index (χ0) is 24.9. The zero-order valence-electron chi connectivity index (χ0n) is 19.5. The van der Waals surface area contributed by atoms with E-state index in [9.17, 15) is 4.79 Å². The fraction of sp³-hybridized carbons (Fsp3) is 0.143. The molecule has 0 unspecified atom stereocenters. The second-order valence-electron chi connectivity index (χ2n) is 7.96. The van der Waals surface area contributed by atoms with Crippen LogP contribution in [0.15, 0.2) is 77.9 Å². The fourth-order valence-electron chi connectivity index (χ4n) is 3.90. The number of hydrogen-bond donors (Lipinski definition) is 1. The summed E-state index contributed by atoms with van der Waals surface area (Å²) in [6.07, 6.45) is 1.57. The Balaban J connectivity index is 1.30. The van der Waals surface area contributed by atoms with Crippen molar-refractivity contribution in [2.45, 2.75) is 13.5 Å². The molecule has 5 rings (SSSR count). The number of amides is 1. The third-order valence-electron chi connectivity index (χ3n) is 5.60. The Bertz CT molecular complexity index is 1450. The van der Waals surface area contributed by atoms with Crippen LogP contribution in [-0.2, 0) is 6.61 Å². The van der Waals surface area contributed by atoms with Gasteiger partial charge in [-0.05, 0) is 81.7 Å². The van der Waals surface area contributed by atoms with Crippen molar-refractivity contribution < 1.29 is 23.7 Å². The van der Waals surface area contributed by atoms with Crippen molar-refractivity contribution in [3.63, 3.8) is 0 Å². The molecule has 0 aromatic heterocycles. The van der Waals surface area contributed by atoms with Crippen LogP contribution in [0, 0.1) is 3.57 Å². The number of hydrogen-bond acceptors (Lipinski definition) is 6. The summed E-state index contributed by atoms with van der Waals surface area (Å²) in [4.78, 5) is 12.5. The van der Waals surface area contributed by atoms with Crippen LogP contribution in [-0.4, -0.2) is 25.5 Å². The van der Waals surface area contributed by atoms with E-state index in [2.05, 4.69) is 57.4 Å². The number of benzene rings is 4. The number of nitrogens with one attached hydrogen (secondary N) is 1. The van der Waals surface area contributed by atoms with E-state index in [1.54, 1.807) is 24.4 Å². The lowest BCUT2D eigenvalue weighted by atomic mass is 10.1. The average Bonchev–Trinajstić information content (AvgIpc) is 3.36. The maximum Gasteiger partial charge on any atom is 0.271 e. The minimum Gasteiger partial charge on any atom is -0.490 e. The maximum absolute atomic E-state index is 12.5. The van der Waals surface area contributed by atoms with Gasteiger partial charge in [-0.2, -0.15) is 5.10 Å². The molecule has 0 bridgehead atoms. The second kappa shape index (κ2) is 10.9. The molecule has 1 heterocycles. The Morgan fingerprint density at radius 1 is 1.03 bits per heavy atom. The van der Waals surface area contributed by atoms with E-state index in [1.165, 1.54) is 5.39 Å². The monoisotopic (exact) mass is 594 g/mol. The molecule has 4 aromatic rings. The first kappa shape index (κ1) is 23.9. The molecular weight excluding hydrogens is 571 g/mol. The predicted octanol–water partition coefficient (Wildman–Crippen LogP) is 5.91. The Morgan fingerprint density at radius 2 is 1.86 bits per heavy atom. The van der Waals surface area contributed by atoms with Gasteiger partial charge in [0.15, 0.2) is 23.0 Å². The largest absolute Gasteiger partial charge is 0.490 e. The van der Waals surface area contributed by atoms with Gasteiger partial charge in [-0.15, -0.1) is 0 Å². The van der Waals surface area contributed by atoms with Gasteiger partial charge in [-0.25, -0.2) is 5.43 Å². The normalized spacial score (nSPS) is 12.2. The van der Waals surface area contributed by atoms with Crippen molar-refractivity contribution in [1.82, 2.24) is 5.43 Å². The summed E-state index contributed by atoms with van der Waals surface area (Å²) in [6.45, 7) is 2.98. The Kier molecular flexibility index (Phi) is 7.22. The Labute approximate surface area is 222 Å². The molecule has 0 spiro atoms. The minimum atomic E-state index is -0.348. The van der Waals surface area contributed by atoms with Crippen LogP contribution >= 0.6 is 22.6 Å². The number of ether oxygens (including phenoxy) is 4. The molecule has 7 nitrogen and oxygen atoms in total. The van der Waals surface area contributed by atoms with Crippen molar-refractivity contribution in [2.75, 3.05) is 13.4 Å². The Morgan fingerprint density at radius 3 is 2.75 bits per heavy atom. The van der Waals surface area contributed by atoms with Crippen molar-refractivity contribution in [2.24, 2.45) is 5.10 Å². The minimum absolute atomic E-state index is 0.154. The maximum atomic E-state index is 12.5. The molecule has 0 fully saturated rings. The van der Waals surface area contributed by atoms with Gasteiger partial charge in [0, 0.05) is 5.56 Å². The van der Waals surface area contributed by atoms with Crippen LogP contribution < -0.4 is 24.4 Å². The van der Waals surface area contributed by atoms with Crippen molar-refractivity contribution in [3.8, 4) is 23.0 Å². The van der Waals surface area contributed by atoms with E-state index in [0.717, 1.165) is 20.1 Å². The van der Waals surface area contributed by atoms with E-state index < -0.39 is 0 Å². The van der Waals surface area contributed by atoms with Crippen LogP contribution in [0.2, 0.25) is 0 Å². The molecule has 182 valence electrons. The van der Waals surface area contributed by atoms with E-state index in [-0.39, 0.29) is 12.7 Å². The summed E-state index contributed by atoms with van der Waals surface area (Å²) in [5, 5.41) is 6.45. The molecule has 0 saturated carbocycles. The van der Waals surface area contributed by atoms with E-state index >= 15 is 0 Å². The van der Waals surface area contributed by atoms with Gasteiger partial charge in [-0.1, -0.05) is 42.5 Å². The Hall–Kier alpha value is -3.79. The van der Waals surface area contributed by atoms with E-state index in [4.69, 9.17) is 18.9 Å². The zero-order valence-corrected chi connectivity index (χ0v) is 21.7. The van der Waals surface area contributed by atoms with Gasteiger partial charge in [0.1, 0.15) is 6.61 Å². The van der Waals surface area contributed by atoms with Crippen molar-refractivity contribution in [1.29, 1.82) is 0 Å². The van der Waals surface area contributed by atoms with Gasteiger partial charge < -0.3 is 18.9 Å². The number of rotatable bonds is 8. The lowest BCUT2D eigenvalue weighted by Gasteiger charge is -2.15. The summed E-state index contributed by atoms with van der Waals surface area (Å²) in [5.74, 6) is 2.11. The number of nitrogens with zero attached hydrogens (tertiary/aromatic N) is 1. The first-order valence-corrected chi connectivity index (χ1v) is 12.5. The van der Waals surface area contributed by atoms with Gasteiger partial charge in [0.2, 0.25) is 6.79 Å². The summed E-state index contributed by atoms with van der Waals surface area (Å²) in [5.41, 5.74) is 4.85. The SMILES string of the molecule is CCOc1cc(/C=N\NC(=O)c2ccc3c(c2)OCO3)cc(I)c1OCc1cccc2ccccc12. The first-order chi connectivity index (χ1) is 17.6. The van der Waals surface area contributed by atoms with E-state index in [0.29, 0.717) is 41.8 Å². The van der Waals surface area contributed by atoms with Gasteiger partial charge in [0.05, 0.1) is 16.4 Å². The van der Waals surface area contributed by atoms with Crippen LogP contribution in [0.4, 0.5) is 0 Å². The van der Waals surface area contributed by atoms with Crippen LogP contribution in [0.5, 0.6) is 23.0 Å². The molecule has 36 heavy (non-hydrogen) atoms. The highest BCUT2D eigenvalue weighted by molar-refractivity contribution is 14.1. The number of carbonyl (C=O) groups excluding carboxylic acids is 1. The highest BCUT2D eigenvalue weighted by Crippen LogP contribution is 2.35. The standard InChI is InChI=1S/C28H23IN2O5/c1-2-33-26-13-18(15-30-31-28(32)20-10-11-24-25(14-20)36-17-35-24)12-23(29)27(26)34-16-21-8-5-7-19-6-3-4-9-22(19)21/h3-15H,2,16-17H2,1H3,(H,31,32)/b30-15-. The average molecular weight is 594 g/mol. The molecule has 0 radical (unpaired) electrons. The van der Waals surface area contributed by atoms with Crippen LogP contribution in [0.3, 0.4) is 0 Å². The van der Waals surface area contributed by atoms with Crippen molar-refractivity contribution >= 4 is 45.5 Å². The molecule has 1 amide bonds. The van der Waals surface area contributed by atoms with Crippen molar-refractivity contribution in [3.05, 3.63) is 93.1 Å². The lowest BCUT2D eigenvalue weighted by Crippen LogP contribution is -2.17. The van der Waals surface area contributed by atoms with Gasteiger partial charge in [-0.3, -0.25) is 4.79 Å². The predicted molar refractivity (Wildman–Crippen MR) is 146 cm³/mol. The molecule has 0 atom stereocenters. The second-order valence-corrected chi connectivity index (χ2v) is 9.12. The molecule has 1 aliphatic heterocycles. The molecule has 1 N–H and O–H groups in total. The quantitative estimate of drug-likeness (QED) is 0.156. The van der Waals surface area contributed by atoms with E-state index in [1.807, 2.05) is 37.3 Å². The van der Waals surface area contributed by atoms with Crippen LogP contribution in [0.25, 0.3) is 10.8 Å². The number of hydrazone groups is 1. The van der Waals surface area contributed by atoms with Gasteiger partial charge >= 0.3 is 0 Å². The molecule has 0 saturated heterocycles. The highest BCUT2D eigenvalue weighted by atomic mass is 127. The first-order valence-electron chi connectivity index (χ1n) is 11.4. The molecule has 0 aliphatic carbocycles. The number of halogens is 1. The number of carbonyl (C=O) groups is 1.